The van der Waals surface area contributed by atoms with Gasteiger partial charge in [-0.15, -0.1) is 0 Å². The van der Waals surface area contributed by atoms with Gasteiger partial charge in [-0.2, -0.15) is 0 Å². The predicted octanol–water partition coefficient (Wildman–Crippen LogP) is 2.52. The Labute approximate surface area is 108 Å². The number of rotatable bonds is 7. The Morgan fingerprint density at radius 2 is 2.22 bits per heavy atom. The first-order chi connectivity index (χ1) is 8.58. The third kappa shape index (κ3) is 4.04. The van der Waals surface area contributed by atoms with Crippen molar-refractivity contribution in [2.45, 2.75) is 32.2 Å². The number of hydrogen-bond acceptors (Lipinski definition) is 3. The highest BCUT2D eigenvalue weighted by Gasteiger charge is 2.14. The first-order valence-electron chi connectivity index (χ1n) is 6.12. The lowest BCUT2D eigenvalue weighted by Gasteiger charge is -2.19. The second-order valence-corrected chi connectivity index (χ2v) is 4.37. The van der Waals surface area contributed by atoms with E-state index in [1.807, 2.05) is 26.1 Å². The molecule has 0 amide bonds. The number of methoxy groups -OCH3 is 1. The van der Waals surface area contributed by atoms with Crippen LogP contribution >= 0.6 is 0 Å². The van der Waals surface area contributed by atoms with E-state index in [2.05, 4.69) is 11.4 Å². The Hall–Kier alpha value is -1.55. The second-order valence-electron chi connectivity index (χ2n) is 4.37. The Balaban J connectivity index is 2.80. The quantitative estimate of drug-likeness (QED) is 0.781. The van der Waals surface area contributed by atoms with Crippen molar-refractivity contribution in [2.24, 2.45) is 0 Å². The molecule has 0 bridgehead atoms. The lowest BCUT2D eigenvalue weighted by Crippen LogP contribution is -2.17. The summed E-state index contributed by atoms with van der Waals surface area (Å²) >= 11 is 0. The van der Waals surface area contributed by atoms with E-state index in [-0.39, 0.29) is 12.5 Å². The third-order valence-corrected chi connectivity index (χ3v) is 2.99. The van der Waals surface area contributed by atoms with Crippen molar-refractivity contribution in [3.8, 4) is 5.75 Å². The molecule has 0 fully saturated rings. The summed E-state index contributed by atoms with van der Waals surface area (Å²) in [5.74, 6) is 0.0938. The van der Waals surface area contributed by atoms with Crippen LogP contribution in [0.25, 0.3) is 0 Å². The molecule has 0 radical (unpaired) electrons. The molecular weight excluding hydrogens is 230 g/mol. The Morgan fingerprint density at radius 3 is 2.78 bits per heavy atom. The van der Waals surface area contributed by atoms with Gasteiger partial charge in [0.1, 0.15) is 5.75 Å². The lowest BCUT2D eigenvalue weighted by molar-refractivity contribution is -0.137. The Bertz CT molecular complexity index is 404. The topological polar surface area (TPSA) is 58.6 Å². The summed E-state index contributed by atoms with van der Waals surface area (Å²) in [6.07, 6.45) is 1.63. The predicted molar refractivity (Wildman–Crippen MR) is 71.0 cm³/mol. The summed E-state index contributed by atoms with van der Waals surface area (Å²) < 4.78 is 5.35. The SMILES string of the molecule is CNC(CCCC(=O)O)c1cc(C)ccc1OC. The Morgan fingerprint density at radius 1 is 1.50 bits per heavy atom. The molecule has 4 heteroatoms. The number of benzene rings is 1. The van der Waals surface area contributed by atoms with E-state index < -0.39 is 5.97 Å². The van der Waals surface area contributed by atoms with E-state index in [1.165, 1.54) is 5.56 Å². The summed E-state index contributed by atoms with van der Waals surface area (Å²) in [7, 11) is 3.53. The van der Waals surface area contributed by atoms with Gasteiger partial charge in [-0.25, -0.2) is 0 Å². The van der Waals surface area contributed by atoms with Crippen LogP contribution in [0, 0.1) is 6.92 Å². The standard InChI is InChI=1S/C14H21NO3/c1-10-7-8-13(18-3)11(9-10)12(15-2)5-4-6-14(16)17/h7-9,12,15H,4-6H2,1-3H3,(H,16,17). The van der Waals surface area contributed by atoms with Crippen molar-refractivity contribution >= 4 is 5.97 Å². The van der Waals surface area contributed by atoms with Gasteiger partial charge in [0, 0.05) is 18.0 Å². The molecule has 1 aromatic rings. The largest absolute Gasteiger partial charge is 0.496 e. The molecule has 0 saturated carbocycles. The normalized spacial score (nSPS) is 12.2. The maximum atomic E-state index is 10.5. The zero-order chi connectivity index (χ0) is 13.5. The van der Waals surface area contributed by atoms with Crippen LogP contribution in [-0.4, -0.2) is 25.2 Å². The number of ether oxygens (including phenoxy) is 1. The molecule has 0 aromatic heterocycles. The molecule has 2 N–H and O–H groups in total. The molecule has 1 rings (SSSR count). The molecule has 1 aromatic carbocycles. The van der Waals surface area contributed by atoms with Gasteiger partial charge in [0.05, 0.1) is 7.11 Å². The Kier molecular flexibility index (Phi) is 5.65. The summed E-state index contributed by atoms with van der Waals surface area (Å²) in [5.41, 5.74) is 2.26. The number of carboxylic acid groups (broad SMARTS) is 1. The van der Waals surface area contributed by atoms with Crippen molar-refractivity contribution in [1.29, 1.82) is 0 Å². The molecule has 100 valence electrons. The first kappa shape index (κ1) is 14.5. The number of nitrogens with one attached hydrogen (secondary N) is 1. The monoisotopic (exact) mass is 251 g/mol. The number of carbonyl (C=O) groups is 1. The number of aryl methyl sites for hydroxylation is 1. The molecule has 1 unspecified atom stereocenters. The summed E-state index contributed by atoms with van der Waals surface area (Å²) in [6, 6.07) is 6.17. The number of aliphatic carboxylic acids is 1. The van der Waals surface area contributed by atoms with Gasteiger partial charge in [-0.05, 0) is 32.9 Å². The maximum Gasteiger partial charge on any atom is 0.303 e. The molecule has 18 heavy (non-hydrogen) atoms. The van der Waals surface area contributed by atoms with Crippen LogP contribution in [0.5, 0.6) is 5.75 Å². The van der Waals surface area contributed by atoms with Crippen LogP contribution in [0.15, 0.2) is 18.2 Å². The van der Waals surface area contributed by atoms with Crippen LogP contribution in [0.1, 0.15) is 36.4 Å². The highest BCUT2D eigenvalue weighted by molar-refractivity contribution is 5.66. The zero-order valence-corrected chi connectivity index (χ0v) is 11.2. The molecular formula is C14H21NO3. The minimum atomic E-state index is -0.749. The van der Waals surface area contributed by atoms with E-state index in [0.717, 1.165) is 17.7 Å². The number of hydrogen-bond donors (Lipinski definition) is 2. The van der Waals surface area contributed by atoms with Crippen LogP contribution < -0.4 is 10.1 Å². The van der Waals surface area contributed by atoms with Gasteiger partial charge in [-0.1, -0.05) is 17.7 Å². The van der Waals surface area contributed by atoms with E-state index >= 15 is 0 Å². The van der Waals surface area contributed by atoms with E-state index in [4.69, 9.17) is 9.84 Å². The fourth-order valence-corrected chi connectivity index (χ4v) is 2.04. The van der Waals surface area contributed by atoms with Gasteiger partial charge in [0.15, 0.2) is 0 Å². The molecule has 0 spiro atoms. The van der Waals surface area contributed by atoms with Gasteiger partial charge >= 0.3 is 5.97 Å². The smallest absolute Gasteiger partial charge is 0.303 e. The first-order valence-corrected chi connectivity index (χ1v) is 6.12. The molecule has 0 aliphatic carbocycles. The van der Waals surface area contributed by atoms with Gasteiger partial charge in [0.25, 0.3) is 0 Å². The second kappa shape index (κ2) is 7.01. The van der Waals surface area contributed by atoms with Crippen LogP contribution in [-0.2, 0) is 4.79 Å². The lowest BCUT2D eigenvalue weighted by atomic mass is 9.98. The molecule has 4 nitrogen and oxygen atoms in total. The van der Waals surface area contributed by atoms with Gasteiger partial charge in [-0.3, -0.25) is 4.79 Å². The highest BCUT2D eigenvalue weighted by Crippen LogP contribution is 2.29. The van der Waals surface area contributed by atoms with E-state index in [9.17, 15) is 4.79 Å². The van der Waals surface area contributed by atoms with Crippen LogP contribution in [0.3, 0.4) is 0 Å². The number of carboxylic acids is 1. The van der Waals surface area contributed by atoms with E-state index in [0.29, 0.717) is 6.42 Å². The van der Waals surface area contributed by atoms with Crippen LogP contribution in [0.4, 0.5) is 0 Å². The summed E-state index contributed by atoms with van der Waals surface area (Å²) in [4.78, 5) is 10.5. The average molecular weight is 251 g/mol. The molecule has 0 aliphatic rings. The minimum absolute atomic E-state index is 0.124. The van der Waals surface area contributed by atoms with Gasteiger partial charge in [0.2, 0.25) is 0 Å². The zero-order valence-electron chi connectivity index (χ0n) is 11.2. The van der Waals surface area contributed by atoms with Gasteiger partial charge < -0.3 is 15.2 Å². The van der Waals surface area contributed by atoms with Crippen molar-refractivity contribution in [3.05, 3.63) is 29.3 Å². The summed E-state index contributed by atoms with van der Waals surface area (Å²) in [6.45, 7) is 2.03. The highest BCUT2D eigenvalue weighted by atomic mass is 16.5. The van der Waals surface area contributed by atoms with Crippen molar-refractivity contribution in [2.75, 3.05) is 14.2 Å². The van der Waals surface area contributed by atoms with Crippen molar-refractivity contribution in [3.63, 3.8) is 0 Å². The van der Waals surface area contributed by atoms with Crippen molar-refractivity contribution in [1.82, 2.24) is 5.32 Å². The molecule has 0 aliphatic heterocycles. The van der Waals surface area contributed by atoms with E-state index in [1.54, 1.807) is 7.11 Å². The molecule has 0 heterocycles. The third-order valence-electron chi connectivity index (χ3n) is 2.99. The van der Waals surface area contributed by atoms with Crippen LogP contribution in [0.2, 0.25) is 0 Å². The average Bonchev–Trinajstić information content (AvgIpc) is 2.34. The fourth-order valence-electron chi connectivity index (χ4n) is 2.04. The molecule has 1 atom stereocenters. The summed E-state index contributed by atoms with van der Waals surface area (Å²) in [5, 5.41) is 11.9. The maximum absolute atomic E-state index is 10.5. The fraction of sp³-hybridized carbons (Fsp3) is 0.500. The molecule has 0 saturated heterocycles. The minimum Gasteiger partial charge on any atom is -0.496 e. The van der Waals surface area contributed by atoms with Crippen molar-refractivity contribution < 1.29 is 14.6 Å².